The Bertz CT molecular complexity index is 282. The van der Waals surface area contributed by atoms with Crippen molar-refractivity contribution in [2.24, 2.45) is 0 Å². The summed E-state index contributed by atoms with van der Waals surface area (Å²) in [6.07, 6.45) is 8.62. The molecule has 0 saturated heterocycles. The summed E-state index contributed by atoms with van der Waals surface area (Å²) in [5.41, 5.74) is 3.01. The number of unbranched alkanes of at least 4 members (excludes halogenated alkanes) is 1. The molecule has 0 radical (unpaired) electrons. The molecule has 0 aromatic heterocycles. The maximum absolute atomic E-state index is 2.34. The summed E-state index contributed by atoms with van der Waals surface area (Å²) < 4.78 is 0. The lowest BCUT2D eigenvalue weighted by molar-refractivity contribution is 0.727. The maximum atomic E-state index is 2.34. The third kappa shape index (κ3) is 5.41. The Labute approximate surface area is 94.0 Å². The van der Waals surface area contributed by atoms with Gasteiger partial charge in [0.1, 0.15) is 0 Å². The predicted molar refractivity (Wildman–Crippen MR) is 68.0 cm³/mol. The summed E-state index contributed by atoms with van der Waals surface area (Å²) in [6.45, 7) is 4.44. The molecule has 0 N–H and O–H groups in total. The van der Waals surface area contributed by atoms with Gasteiger partial charge < -0.3 is 0 Å². The molecular formula is C15H22. The second-order valence-electron chi connectivity index (χ2n) is 4.15. The molecule has 82 valence electrons. The van der Waals surface area contributed by atoms with E-state index in [4.69, 9.17) is 0 Å². The Morgan fingerprint density at radius 2 is 1.87 bits per heavy atom. The van der Waals surface area contributed by atoms with E-state index in [0.29, 0.717) is 0 Å². The van der Waals surface area contributed by atoms with E-state index in [1.807, 2.05) is 0 Å². The number of hydrogen-bond acceptors (Lipinski definition) is 0. The second kappa shape index (κ2) is 7.28. The largest absolute Gasteiger partial charge is 0.0859 e. The third-order valence-electron chi connectivity index (χ3n) is 2.68. The highest BCUT2D eigenvalue weighted by molar-refractivity contribution is 5.14. The highest BCUT2D eigenvalue weighted by Crippen LogP contribution is 2.10. The van der Waals surface area contributed by atoms with Crippen LogP contribution in [0.5, 0.6) is 0 Å². The van der Waals surface area contributed by atoms with E-state index in [0.717, 1.165) is 0 Å². The third-order valence-corrected chi connectivity index (χ3v) is 2.68. The molecular weight excluding hydrogens is 180 g/mol. The number of allylic oxidation sites excluding steroid dienone is 2. The summed E-state index contributed by atoms with van der Waals surface area (Å²) in [6, 6.07) is 10.8. The van der Waals surface area contributed by atoms with Gasteiger partial charge in [0.05, 0.1) is 0 Å². The lowest BCUT2D eigenvalue weighted by Gasteiger charge is -2.02. The number of benzene rings is 1. The molecule has 0 nitrogen and oxygen atoms in total. The first-order chi connectivity index (χ1) is 7.33. The van der Waals surface area contributed by atoms with E-state index in [9.17, 15) is 0 Å². The Morgan fingerprint density at radius 3 is 2.53 bits per heavy atom. The van der Waals surface area contributed by atoms with E-state index >= 15 is 0 Å². The Hall–Kier alpha value is -1.04. The van der Waals surface area contributed by atoms with Gasteiger partial charge in [-0.05, 0) is 44.6 Å². The van der Waals surface area contributed by atoms with E-state index < -0.39 is 0 Å². The zero-order valence-electron chi connectivity index (χ0n) is 10.00. The first-order valence-corrected chi connectivity index (χ1v) is 6.02. The first-order valence-electron chi connectivity index (χ1n) is 6.02. The molecule has 1 aromatic rings. The molecule has 0 atom stereocenters. The van der Waals surface area contributed by atoms with Gasteiger partial charge in [-0.3, -0.25) is 0 Å². The fraction of sp³-hybridized carbons (Fsp3) is 0.467. The monoisotopic (exact) mass is 202 g/mol. The Morgan fingerprint density at radius 1 is 1.13 bits per heavy atom. The molecule has 0 fully saturated rings. The minimum atomic E-state index is 1.17. The minimum Gasteiger partial charge on any atom is -0.0859 e. The zero-order chi connectivity index (χ0) is 10.9. The molecule has 0 heteroatoms. The zero-order valence-corrected chi connectivity index (χ0v) is 10.00. The number of rotatable bonds is 6. The molecule has 0 spiro atoms. The van der Waals surface area contributed by atoms with Crippen LogP contribution in [0.4, 0.5) is 0 Å². The van der Waals surface area contributed by atoms with E-state index in [2.05, 4.69) is 50.3 Å². The highest BCUT2D eigenvalue weighted by Gasteiger charge is 1.93. The normalized spacial score (nSPS) is 11.7. The van der Waals surface area contributed by atoms with Crippen LogP contribution in [0.1, 0.15) is 45.1 Å². The summed E-state index contributed by atoms with van der Waals surface area (Å²) in [7, 11) is 0. The van der Waals surface area contributed by atoms with E-state index in [1.165, 1.54) is 37.7 Å². The molecule has 0 saturated carbocycles. The average molecular weight is 202 g/mol. The molecule has 0 aliphatic carbocycles. The van der Waals surface area contributed by atoms with Crippen molar-refractivity contribution in [1.82, 2.24) is 0 Å². The minimum absolute atomic E-state index is 1.17. The van der Waals surface area contributed by atoms with Crippen LogP contribution >= 0.6 is 0 Å². The van der Waals surface area contributed by atoms with Crippen molar-refractivity contribution in [2.75, 3.05) is 0 Å². The molecule has 0 amide bonds. The number of hydrogen-bond donors (Lipinski definition) is 0. The van der Waals surface area contributed by atoms with Crippen molar-refractivity contribution in [3.63, 3.8) is 0 Å². The smallest absolute Gasteiger partial charge is 0.0279 e. The molecule has 0 aliphatic heterocycles. The molecule has 0 bridgehead atoms. The van der Waals surface area contributed by atoms with Crippen LogP contribution in [0.2, 0.25) is 0 Å². The van der Waals surface area contributed by atoms with E-state index in [1.54, 1.807) is 5.57 Å². The topological polar surface area (TPSA) is 0 Å². The summed E-state index contributed by atoms with van der Waals surface area (Å²) in [4.78, 5) is 0. The molecule has 0 heterocycles. The van der Waals surface area contributed by atoms with Crippen molar-refractivity contribution in [1.29, 1.82) is 0 Å². The van der Waals surface area contributed by atoms with Gasteiger partial charge >= 0.3 is 0 Å². The molecule has 15 heavy (non-hydrogen) atoms. The Kier molecular flexibility index (Phi) is 5.84. The van der Waals surface area contributed by atoms with Gasteiger partial charge in [0.25, 0.3) is 0 Å². The fourth-order valence-electron chi connectivity index (χ4n) is 1.83. The lowest BCUT2D eigenvalue weighted by Crippen LogP contribution is -1.86. The van der Waals surface area contributed by atoms with Gasteiger partial charge in [-0.1, -0.05) is 48.9 Å². The predicted octanol–water partition coefficient (Wildman–Crippen LogP) is 4.76. The van der Waals surface area contributed by atoms with Crippen LogP contribution in [0.3, 0.4) is 0 Å². The maximum Gasteiger partial charge on any atom is -0.0279 e. The van der Waals surface area contributed by atoms with Crippen molar-refractivity contribution < 1.29 is 0 Å². The Balaban J connectivity index is 2.15. The molecule has 0 unspecified atom stereocenters. The van der Waals surface area contributed by atoms with Crippen molar-refractivity contribution in [2.45, 2.75) is 46.0 Å². The van der Waals surface area contributed by atoms with Gasteiger partial charge in [-0.2, -0.15) is 0 Å². The van der Waals surface area contributed by atoms with Gasteiger partial charge in [0, 0.05) is 0 Å². The average Bonchev–Trinajstić information content (AvgIpc) is 2.26. The highest BCUT2D eigenvalue weighted by atomic mass is 14.0. The van der Waals surface area contributed by atoms with Gasteiger partial charge in [0.15, 0.2) is 0 Å². The van der Waals surface area contributed by atoms with Gasteiger partial charge in [-0.25, -0.2) is 0 Å². The summed E-state index contributed by atoms with van der Waals surface area (Å²) in [5.74, 6) is 0. The summed E-state index contributed by atoms with van der Waals surface area (Å²) in [5, 5.41) is 0. The first kappa shape index (κ1) is 12.0. The van der Waals surface area contributed by atoms with Gasteiger partial charge in [-0.15, -0.1) is 0 Å². The van der Waals surface area contributed by atoms with E-state index in [-0.39, 0.29) is 0 Å². The van der Waals surface area contributed by atoms with Crippen LogP contribution in [-0.2, 0) is 6.42 Å². The van der Waals surface area contributed by atoms with Crippen LogP contribution in [0, 0.1) is 0 Å². The summed E-state index contributed by atoms with van der Waals surface area (Å²) >= 11 is 0. The van der Waals surface area contributed by atoms with Crippen molar-refractivity contribution in [3.05, 3.63) is 47.5 Å². The second-order valence-corrected chi connectivity index (χ2v) is 4.15. The standard InChI is InChI=1S/C15H22/c1-3-9-14(2)10-7-8-13-15-11-5-4-6-12-15/h4-6,9,11-12H,3,7-8,10,13H2,1-2H3. The van der Waals surface area contributed by atoms with Crippen LogP contribution in [-0.4, -0.2) is 0 Å². The van der Waals surface area contributed by atoms with Crippen LogP contribution in [0.15, 0.2) is 42.0 Å². The van der Waals surface area contributed by atoms with Crippen LogP contribution < -0.4 is 0 Å². The van der Waals surface area contributed by atoms with Gasteiger partial charge in [0.2, 0.25) is 0 Å². The fourth-order valence-corrected chi connectivity index (χ4v) is 1.83. The quantitative estimate of drug-likeness (QED) is 0.461. The molecule has 1 aromatic carbocycles. The lowest BCUT2D eigenvalue weighted by atomic mass is 10.0. The molecule has 1 rings (SSSR count). The molecule has 0 aliphatic rings. The van der Waals surface area contributed by atoms with Crippen LogP contribution in [0.25, 0.3) is 0 Å². The van der Waals surface area contributed by atoms with Crippen molar-refractivity contribution in [3.8, 4) is 0 Å². The van der Waals surface area contributed by atoms with Crippen molar-refractivity contribution >= 4 is 0 Å². The number of aryl methyl sites for hydroxylation is 1. The SMILES string of the molecule is CCC=C(C)CCCCc1ccccc1.